The summed E-state index contributed by atoms with van der Waals surface area (Å²) in [5, 5.41) is 0. The molecular formula is C11H17N3. The van der Waals surface area contributed by atoms with Gasteiger partial charge in [0, 0.05) is 13.6 Å². The Morgan fingerprint density at radius 1 is 1.57 bits per heavy atom. The second-order valence-electron chi connectivity index (χ2n) is 3.27. The quantitative estimate of drug-likeness (QED) is 0.572. The monoisotopic (exact) mass is 191 g/mol. The lowest BCUT2D eigenvalue weighted by atomic mass is 10.3. The van der Waals surface area contributed by atoms with E-state index in [1.807, 2.05) is 25.3 Å². The van der Waals surface area contributed by atoms with Gasteiger partial charge in [-0.1, -0.05) is 12.1 Å². The number of aromatic nitrogens is 1. The number of rotatable bonds is 5. The molecule has 0 unspecified atom stereocenters. The van der Waals surface area contributed by atoms with E-state index in [-0.39, 0.29) is 0 Å². The molecule has 1 heterocycles. The molecule has 76 valence electrons. The smallest absolute Gasteiger partial charge is 0.130 e. The predicted molar refractivity (Wildman–Crippen MR) is 61.4 cm³/mol. The minimum Gasteiger partial charge on any atom is -0.384 e. The summed E-state index contributed by atoms with van der Waals surface area (Å²) in [5.41, 5.74) is 5.60. The van der Waals surface area contributed by atoms with Crippen LogP contribution in [0.15, 0.2) is 30.9 Å². The lowest BCUT2D eigenvalue weighted by molar-refractivity contribution is 0.793. The maximum absolute atomic E-state index is 5.60. The third-order valence-corrected chi connectivity index (χ3v) is 2.05. The van der Waals surface area contributed by atoms with Crippen LogP contribution in [-0.4, -0.2) is 18.6 Å². The first-order chi connectivity index (χ1) is 6.74. The van der Waals surface area contributed by atoms with E-state index in [9.17, 15) is 0 Å². The first-order valence-electron chi connectivity index (χ1n) is 4.78. The van der Waals surface area contributed by atoms with Gasteiger partial charge in [-0.3, -0.25) is 0 Å². The van der Waals surface area contributed by atoms with E-state index in [1.165, 1.54) is 0 Å². The second kappa shape index (κ2) is 5.27. The van der Waals surface area contributed by atoms with Crippen LogP contribution < -0.4 is 10.6 Å². The fourth-order valence-electron chi connectivity index (χ4n) is 1.24. The van der Waals surface area contributed by atoms with Gasteiger partial charge >= 0.3 is 0 Å². The van der Waals surface area contributed by atoms with Gasteiger partial charge in [0.15, 0.2) is 0 Å². The van der Waals surface area contributed by atoms with Crippen LogP contribution in [0.1, 0.15) is 12.8 Å². The van der Waals surface area contributed by atoms with Crippen molar-refractivity contribution in [3.8, 4) is 0 Å². The van der Waals surface area contributed by atoms with Gasteiger partial charge in [0.25, 0.3) is 0 Å². The normalized spacial score (nSPS) is 9.79. The topological polar surface area (TPSA) is 42.1 Å². The first-order valence-corrected chi connectivity index (χ1v) is 4.78. The van der Waals surface area contributed by atoms with Gasteiger partial charge in [0.05, 0.1) is 0 Å². The van der Waals surface area contributed by atoms with Crippen LogP contribution in [-0.2, 0) is 0 Å². The van der Waals surface area contributed by atoms with Crippen molar-refractivity contribution in [2.45, 2.75) is 12.8 Å². The summed E-state index contributed by atoms with van der Waals surface area (Å²) in [4.78, 5) is 6.33. The van der Waals surface area contributed by atoms with Crippen molar-refractivity contribution in [3.63, 3.8) is 0 Å². The van der Waals surface area contributed by atoms with Crippen molar-refractivity contribution in [1.82, 2.24) is 4.98 Å². The number of nitrogen functional groups attached to an aromatic ring is 1. The standard InChI is InChI=1S/C11H17N3/c1-3-4-5-9-14(2)11-8-6-7-10(12)13-11/h3,6-8H,1,4-5,9H2,2H3,(H2,12,13). The Morgan fingerprint density at radius 3 is 3.00 bits per heavy atom. The molecule has 1 rings (SSSR count). The number of anilines is 2. The van der Waals surface area contributed by atoms with Crippen molar-refractivity contribution in [3.05, 3.63) is 30.9 Å². The van der Waals surface area contributed by atoms with Crippen LogP contribution in [0, 0.1) is 0 Å². The number of pyridine rings is 1. The van der Waals surface area contributed by atoms with Crippen molar-refractivity contribution in [2.75, 3.05) is 24.2 Å². The highest BCUT2D eigenvalue weighted by molar-refractivity contribution is 5.43. The predicted octanol–water partition coefficient (Wildman–Crippen LogP) is 2.07. The summed E-state index contributed by atoms with van der Waals surface area (Å²) >= 11 is 0. The molecule has 0 atom stereocenters. The Labute approximate surface area is 85.3 Å². The van der Waals surface area contributed by atoms with Crippen LogP contribution in [0.2, 0.25) is 0 Å². The second-order valence-corrected chi connectivity index (χ2v) is 3.27. The molecule has 1 aromatic rings. The summed E-state index contributed by atoms with van der Waals surface area (Å²) in [5.74, 6) is 1.49. The highest BCUT2D eigenvalue weighted by atomic mass is 15.2. The molecule has 0 aromatic carbocycles. The molecule has 2 N–H and O–H groups in total. The van der Waals surface area contributed by atoms with E-state index < -0.39 is 0 Å². The molecule has 0 aliphatic rings. The third kappa shape index (κ3) is 3.09. The number of hydrogen-bond acceptors (Lipinski definition) is 3. The molecule has 0 saturated carbocycles. The third-order valence-electron chi connectivity index (χ3n) is 2.05. The molecule has 0 aliphatic carbocycles. The Bertz CT molecular complexity index is 296. The van der Waals surface area contributed by atoms with Gasteiger partial charge in [0.2, 0.25) is 0 Å². The number of nitrogens with zero attached hydrogens (tertiary/aromatic N) is 2. The van der Waals surface area contributed by atoms with Crippen LogP contribution in [0.4, 0.5) is 11.6 Å². The summed E-state index contributed by atoms with van der Waals surface area (Å²) < 4.78 is 0. The molecule has 0 amide bonds. The first kappa shape index (κ1) is 10.6. The fraction of sp³-hybridized carbons (Fsp3) is 0.364. The van der Waals surface area contributed by atoms with E-state index in [0.717, 1.165) is 25.2 Å². The molecule has 0 bridgehead atoms. The average Bonchev–Trinajstić information content (AvgIpc) is 2.18. The van der Waals surface area contributed by atoms with Crippen molar-refractivity contribution >= 4 is 11.6 Å². The Kier molecular flexibility index (Phi) is 3.98. The van der Waals surface area contributed by atoms with Crippen LogP contribution >= 0.6 is 0 Å². The molecule has 0 spiro atoms. The van der Waals surface area contributed by atoms with E-state index in [2.05, 4.69) is 16.5 Å². The summed E-state index contributed by atoms with van der Waals surface area (Å²) in [6.07, 6.45) is 4.06. The molecule has 3 heteroatoms. The van der Waals surface area contributed by atoms with Gasteiger partial charge in [-0.2, -0.15) is 0 Å². The van der Waals surface area contributed by atoms with E-state index >= 15 is 0 Å². The Morgan fingerprint density at radius 2 is 2.36 bits per heavy atom. The van der Waals surface area contributed by atoms with Gasteiger partial charge in [-0.05, 0) is 25.0 Å². The number of allylic oxidation sites excluding steroid dienone is 1. The van der Waals surface area contributed by atoms with Gasteiger partial charge in [-0.25, -0.2) is 4.98 Å². The van der Waals surface area contributed by atoms with Gasteiger partial charge in [-0.15, -0.1) is 6.58 Å². The lowest BCUT2D eigenvalue weighted by Crippen LogP contribution is -2.19. The minimum absolute atomic E-state index is 0.568. The SMILES string of the molecule is C=CCCCN(C)c1cccc(N)n1. The van der Waals surface area contributed by atoms with Crippen molar-refractivity contribution in [2.24, 2.45) is 0 Å². The average molecular weight is 191 g/mol. The molecule has 3 nitrogen and oxygen atoms in total. The maximum Gasteiger partial charge on any atom is 0.130 e. The Hall–Kier alpha value is -1.51. The number of unbranched alkanes of at least 4 members (excludes halogenated alkanes) is 1. The Balaban J connectivity index is 2.51. The number of hydrogen-bond donors (Lipinski definition) is 1. The minimum atomic E-state index is 0.568. The van der Waals surface area contributed by atoms with Crippen LogP contribution in [0.25, 0.3) is 0 Å². The van der Waals surface area contributed by atoms with Crippen molar-refractivity contribution in [1.29, 1.82) is 0 Å². The summed E-state index contributed by atoms with van der Waals surface area (Å²) in [6, 6.07) is 5.67. The highest BCUT2D eigenvalue weighted by Gasteiger charge is 2.00. The zero-order chi connectivity index (χ0) is 10.4. The largest absolute Gasteiger partial charge is 0.384 e. The lowest BCUT2D eigenvalue weighted by Gasteiger charge is -2.17. The van der Waals surface area contributed by atoms with Crippen molar-refractivity contribution < 1.29 is 0 Å². The van der Waals surface area contributed by atoms with E-state index in [4.69, 9.17) is 5.73 Å². The van der Waals surface area contributed by atoms with Crippen LogP contribution in [0.5, 0.6) is 0 Å². The summed E-state index contributed by atoms with van der Waals surface area (Å²) in [6.45, 7) is 4.66. The zero-order valence-electron chi connectivity index (χ0n) is 8.61. The highest BCUT2D eigenvalue weighted by Crippen LogP contribution is 2.11. The molecule has 0 fully saturated rings. The molecular weight excluding hydrogens is 174 g/mol. The van der Waals surface area contributed by atoms with Gasteiger partial charge in [0.1, 0.15) is 11.6 Å². The molecule has 1 aromatic heterocycles. The van der Waals surface area contributed by atoms with E-state index in [1.54, 1.807) is 6.07 Å². The number of nitrogens with two attached hydrogens (primary N) is 1. The molecule has 0 radical (unpaired) electrons. The zero-order valence-corrected chi connectivity index (χ0v) is 8.61. The summed E-state index contributed by atoms with van der Waals surface area (Å²) in [7, 11) is 2.02. The van der Waals surface area contributed by atoms with E-state index in [0.29, 0.717) is 5.82 Å². The van der Waals surface area contributed by atoms with Gasteiger partial charge < -0.3 is 10.6 Å². The fourth-order valence-corrected chi connectivity index (χ4v) is 1.24. The molecule has 0 saturated heterocycles. The van der Waals surface area contributed by atoms with Crippen LogP contribution in [0.3, 0.4) is 0 Å². The molecule has 14 heavy (non-hydrogen) atoms. The maximum atomic E-state index is 5.60. The molecule has 0 aliphatic heterocycles.